The smallest absolute Gasteiger partial charge is 0.253 e. The van der Waals surface area contributed by atoms with Gasteiger partial charge >= 0.3 is 0 Å². The Bertz CT molecular complexity index is 608. The molecule has 3 heterocycles. The third-order valence-corrected chi connectivity index (χ3v) is 3.30. The number of hydrogen-bond acceptors (Lipinski definition) is 5. The summed E-state index contributed by atoms with van der Waals surface area (Å²) in [6.07, 6.45) is 5.23. The molecule has 1 saturated heterocycles. The van der Waals surface area contributed by atoms with Crippen LogP contribution in [0.4, 0.5) is 5.69 Å². The van der Waals surface area contributed by atoms with Gasteiger partial charge in [-0.25, -0.2) is 4.98 Å². The van der Waals surface area contributed by atoms with Gasteiger partial charge in [-0.1, -0.05) is 0 Å². The highest BCUT2D eigenvalue weighted by molar-refractivity contribution is 6.28. The first-order chi connectivity index (χ1) is 9.25. The fourth-order valence-electron chi connectivity index (χ4n) is 2.04. The number of aromatic nitrogens is 4. The van der Waals surface area contributed by atoms with Crippen LogP contribution in [-0.2, 0) is 9.53 Å². The van der Waals surface area contributed by atoms with Crippen molar-refractivity contribution in [2.24, 2.45) is 0 Å². The van der Waals surface area contributed by atoms with Crippen molar-refractivity contribution >= 4 is 28.8 Å². The molecule has 2 aromatic heterocycles. The van der Waals surface area contributed by atoms with Crippen LogP contribution in [0.1, 0.15) is 19.3 Å². The summed E-state index contributed by atoms with van der Waals surface area (Å²) in [5, 5.41) is 10.7. The van der Waals surface area contributed by atoms with Crippen molar-refractivity contribution in [1.82, 2.24) is 19.6 Å². The summed E-state index contributed by atoms with van der Waals surface area (Å²) in [4.78, 5) is 16.0. The van der Waals surface area contributed by atoms with Gasteiger partial charge in [-0.15, -0.1) is 10.2 Å². The quantitative estimate of drug-likeness (QED) is 0.839. The van der Waals surface area contributed by atoms with Crippen LogP contribution in [0, 0.1) is 0 Å². The number of anilines is 1. The van der Waals surface area contributed by atoms with Crippen LogP contribution in [0.3, 0.4) is 0 Å². The molecule has 1 N–H and O–H groups in total. The molecule has 1 aliphatic heterocycles. The zero-order valence-electron chi connectivity index (χ0n) is 10.0. The van der Waals surface area contributed by atoms with Crippen LogP contribution < -0.4 is 5.32 Å². The Labute approximate surface area is 113 Å². The standard InChI is InChI=1S/C11H12ClN5O2/c12-11-13-5-7(9-16-14-6-17(9)11)15-10(18)8-3-1-2-4-19-8/h5-6,8H,1-4H2,(H,15,18). The van der Waals surface area contributed by atoms with Gasteiger partial charge in [0.1, 0.15) is 18.1 Å². The lowest BCUT2D eigenvalue weighted by Crippen LogP contribution is -2.33. The van der Waals surface area contributed by atoms with Crippen LogP contribution in [0.15, 0.2) is 12.5 Å². The van der Waals surface area contributed by atoms with E-state index in [0.29, 0.717) is 17.9 Å². The van der Waals surface area contributed by atoms with Crippen LogP contribution in [0.2, 0.25) is 5.28 Å². The van der Waals surface area contributed by atoms with Crippen molar-refractivity contribution in [1.29, 1.82) is 0 Å². The minimum atomic E-state index is -0.410. The fourth-order valence-corrected chi connectivity index (χ4v) is 2.21. The normalized spacial score (nSPS) is 19.5. The van der Waals surface area contributed by atoms with E-state index in [1.54, 1.807) is 0 Å². The number of nitrogens with zero attached hydrogens (tertiary/aromatic N) is 4. The molecule has 1 aliphatic rings. The van der Waals surface area contributed by atoms with Gasteiger partial charge in [0.2, 0.25) is 5.28 Å². The highest BCUT2D eigenvalue weighted by Gasteiger charge is 2.23. The average Bonchev–Trinajstić information content (AvgIpc) is 2.93. The summed E-state index contributed by atoms with van der Waals surface area (Å²) in [5.74, 6) is -0.186. The van der Waals surface area contributed by atoms with Gasteiger partial charge < -0.3 is 10.1 Å². The van der Waals surface area contributed by atoms with Crippen molar-refractivity contribution in [3.05, 3.63) is 17.8 Å². The van der Waals surface area contributed by atoms with E-state index in [2.05, 4.69) is 20.5 Å². The van der Waals surface area contributed by atoms with Gasteiger partial charge in [0.15, 0.2) is 5.65 Å². The van der Waals surface area contributed by atoms with E-state index < -0.39 is 6.10 Å². The lowest BCUT2D eigenvalue weighted by Gasteiger charge is -2.21. The van der Waals surface area contributed by atoms with Crippen LogP contribution in [-0.4, -0.2) is 38.2 Å². The summed E-state index contributed by atoms with van der Waals surface area (Å²) in [6, 6.07) is 0. The lowest BCUT2D eigenvalue weighted by atomic mass is 10.1. The number of ether oxygens (including phenoxy) is 1. The molecule has 0 aromatic carbocycles. The molecule has 0 bridgehead atoms. The molecule has 0 radical (unpaired) electrons. The first-order valence-corrected chi connectivity index (χ1v) is 6.40. The minimum absolute atomic E-state index is 0.186. The van der Waals surface area contributed by atoms with E-state index in [1.807, 2.05) is 0 Å². The molecule has 1 unspecified atom stereocenters. The van der Waals surface area contributed by atoms with Crippen molar-refractivity contribution in [3.8, 4) is 0 Å². The molecule has 2 aromatic rings. The zero-order chi connectivity index (χ0) is 13.2. The summed E-state index contributed by atoms with van der Waals surface area (Å²) in [5.41, 5.74) is 0.935. The molecule has 8 heteroatoms. The highest BCUT2D eigenvalue weighted by atomic mass is 35.5. The predicted molar refractivity (Wildman–Crippen MR) is 68.0 cm³/mol. The van der Waals surface area contributed by atoms with Crippen LogP contribution in [0.25, 0.3) is 5.65 Å². The average molecular weight is 282 g/mol. The van der Waals surface area contributed by atoms with Gasteiger partial charge in [0.05, 0.1) is 6.20 Å². The number of halogens is 1. The second-order valence-corrected chi connectivity index (χ2v) is 4.65. The topological polar surface area (TPSA) is 81.4 Å². The first kappa shape index (κ1) is 12.3. The van der Waals surface area contributed by atoms with E-state index in [9.17, 15) is 4.79 Å². The molecule has 7 nitrogen and oxygen atoms in total. The maximum atomic E-state index is 12.1. The third kappa shape index (κ3) is 2.39. The minimum Gasteiger partial charge on any atom is -0.368 e. The molecule has 0 spiro atoms. The molecule has 0 saturated carbocycles. The molecular formula is C11H12ClN5O2. The van der Waals surface area contributed by atoms with Crippen molar-refractivity contribution in [2.75, 3.05) is 11.9 Å². The summed E-state index contributed by atoms with van der Waals surface area (Å²) >= 11 is 5.89. The number of nitrogens with one attached hydrogen (secondary N) is 1. The van der Waals surface area contributed by atoms with Crippen LogP contribution >= 0.6 is 11.6 Å². The molecule has 100 valence electrons. The van der Waals surface area contributed by atoms with Crippen molar-refractivity contribution < 1.29 is 9.53 Å². The molecule has 19 heavy (non-hydrogen) atoms. The summed E-state index contributed by atoms with van der Waals surface area (Å²) in [6.45, 7) is 0.622. The predicted octanol–water partition coefficient (Wildman–Crippen LogP) is 1.29. The molecule has 1 fully saturated rings. The first-order valence-electron chi connectivity index (χ1n) is 6.02. The molecule has 3 rings (SSSR count). The fraction of sp³-hybridized carbons (Fsp3) is 0.455. The van der Waals surface area contributed by atoms with Crippen molar-refractivity contribution in [3.63, 3.8) is 0 Å². The number of hydrogen-bond donors (Lipinski definition) is 1. The molecule has 0 aliphatic carbocycles. The number of amides is 1. The lowest BCUT2D eigenvalue weighted by molar-refractivity contribution is -0.129. The zero-order valence-corrected chi connectivity index (χ0v) is 10.8. The number of rotatable bonds is 2. The Morgan fingerprint density at radius 1 is 1.53 bits per heavy atom. The largest absolute Gasteiger partial charge is 0.368 e. The highest BCUT2D eigenvalue weighted by Crippen LogP contribution is 2.19. The van der Waals surface area contributed by atoms with E-state index in [-0.39, 0.29) is 11.2 Å². The Morgan fingerprint density at radius 3 is 3.21 bits per heavy atom. The van der Waals surface area contributed by atoms with Crippen LogP contribution in [0.5, 0.6) is 0 Å². The molecule has 1 amide bonds. The molecular weight excluding hydrogens is 270 g/mol. The summed E-state index contributed by atoms with van der Waals surface area (Å²) in [7, 11) is 0. The van der Waals surface area contributed by atoms with E-state index in [4.69, 9.17) is 16.3 Å². The Balaban J connectivity index is 1.83. The number of carbonyl (C=O) groups excluding carboxylic acids is 1. The van der Waals surface area contributed by atoms with Gasteiger partial charge in [-0.05, 0) is 30.9 Å². The number of fused-ring (bicyclic) bond motifs is 1. The van der Waals surface area contributed by atoms with Crippen molar-refractivity contribution in [2.45, 2.75) is 25.4 Å². The Morgan fingerprint density at radius 2 is 2.42 bits per heavy atom. The monoisotopic (exact) mass is 281 g/mol. The Kier molecular flexibility index (Phi) is 3.31. The Hall–Kier alpha value is -1.73. The second-order valence-electron chi connectivity index (χ2n) is 4.31. The van der Waals surface area contributed by atoms with Gasteiger partial charge in [-0.3, -0.25) is 9.20 Å². The maximum Gasteiger partial charge on any atom is 0.253 e. The third-order valence-electron chi connectivity index (χ3n) is 3.02. The van der Waals surface area contributed by atoms with E-state index in [1.165, 1.54) is 16.9 Å². The SMILES string of the molecule is O=C(Nc1cnc(Cl)n2cnnc12)C1CCCCO1. The maximum absolute atomic E-state index is 12.1. The van der Waals surface area contributed by atoms with E-state index in [0.717, 1.165) is 19.3 Å². The van der Waals surface area contributed by atoms with Gasteiger partial charge in [0, 0.05) is 6.61 Å². The number of carbonyl (C=O) groups is 1. The van der Waals surface area contributed by atoms with Gasteiger partial charge in [-0.2, -0.15) is 0 Å². The summed E-state index contributed by atoms with van der Waals surface area (Å²) < 4.78 is 6.93. The molecule has 1 atom stereocenters. The van der Waals surface area contributed by atoms with Gasteiger partial charge in [0.25, 0.3) is 5.91 Å². The second kappa shape index (κ2) is 5.10. The van der Waals surface area contributed by atoms with E-state index >= 15 is 0 Å².